The van der Waals surface area contributed by atoms with Gasteiger partial charge in [0.25, 0.3) is 0 Å². The van der Waals surface area contributed by atoms with E-state index < -0.39 is 21.0 Å². The summed E-state index contributed by atoms with van der Waals surface area (Å²) in [4.78, 5) is 11.9. The van der Waals surface area contributed by atoms with Crippen molar-refractivity contribution in [2.45, 2.75) is 61.9 Å². The Kier molecular flexibility index (Phi) is 6.14. The van der Waals surface area contributed by atoms with Gasteiger partial charge in [-0.05, 0) is 68.9 Å². The molecule has 0 aromatic heterocycles. The molecule has 4 atom stereocenters. The molecule has 2 bridgehead atoms. The third-order valence-corrected chi connectivity index (χ3v) is 8.64. The van der Waals surface area contributed by atoms with Crippen molar-refractivity contribution in [1.29, 1.82) is 0 Å². The lowest BCUT2D eigenvalue weighted by molar-refractivity contribution is -0.444. The van der Waals surface area contributed by atoms with Gasteiger partial charge in [0.15, 0.2) is 9.84 Å². The first-order valence-corrected chi connectivity index (χ1v) is 12.3. The van der Waals surface area contributed by atoms with Gasteiger partial charge in [-0.15, -0.1) is 0 Å². The molecule has 31 heavy (non-hydrogen) atoms. The molecule has 0 spiro atoms. The Morgan fingerprint density at radius 1 is 1.06 bits per heavy atom. The van der Waals surface area contributed by atoms with Crippen molar-refractivity contribution in [2.24, 2.45) is 5.92 Å². The number of methoxy groups -OCH3 is 1. The lowest BCUT2D eigenvalue weighted by atomic mass is 9.71. The zero-order valence-electron chi connectivity index (χ0n) is 18.2. The van der Waals surface area contributed by atoms with Gasteiger partial charge in [0.2, 0.25) is 0 Å². The molecule has 1 saturated heterocycles. The third kappa shape index (κ3) is 4.65. The molecule has 1 aliphatic heterocycles. The fourth-order valence-corrected chi connectivity index (χ4v) is 6.32. The molecule has 1 saturated carbocycles. The van der Waals surface area contributed by atoms with Gasteiger partial charge >= 0.3 is 0 Å². The van der Waals surface area contributed by atoms with Crippen LogP contribution in [0.15, 0.2) is 59.5 Å². The summed E-state index contributed by atoms with van der Waals surface area (Å²) < 4.78 is 37.3. The standard InChI is InChI=1S/C24H30O6S/c1-23(28-16-18-9-11-20(27-3)12-10-18)14-13-19-15-22(23)29-30-24(19,2)17-31(25,26)21-7-5-4-6-8-21/h4-12,19,22H,13-17H2,1-3H3/t19?,22?,23-,24+/m1/s1. The Morgan fingerprint density at radius 2 is 1.77 bits per heavy atom. The lowest BCUT2D eigenvalue weighted by Gasteiger charge is -2.52. The minimum absolute atomic E-state index is 0.0856. The average Bonchev–Trinajstić information content (AvgIpc) is 2.77. The van der Waals surface area contributed by atoms with E-state index in [9.17, 15) is 8.42 Å². The topological polar surface area (TPSA) is 71.1 Å². The van der Waals surface area contributed by atoms with Crippen molar-refractivity contribution in [3.63, 3.8) is 0 Å². The Bertz CT molecular complexity index is 990. The SMILES string of the molecule is COc1ccc(CO[C@]2(C)CCC3CC2OO[C@@]3(C)CS(=O)(=O)c2ccccc2)cc1. The van der Waals surface area contributed by atoms with Gasteiger partial charge in [0, 0.05) is 0 Å². The predicted octanol–water partition coefficient (Wildman–Crippen LogP) is 4.33. The van der Waals surface area contributed by atoms with Gasteiger partial charge < -0.3 is 9.47 Å². The molecule has 1 aliphatic carbocycles. The van der Waals surface area contributed by atoms with Crippen LogP contribution in [0.3, 0.4) is 0 Å². The fourth-order valence-electron chi connectivity index (χ4n) is 4.54. The summed E-state index contributed by atoms with van der Waals surface area (Å²) in [6.45, 7) is 4.35. The first kappa shape index (κ1) is 22.3. The quantitative estimate of drug-likeness (QED) is 0.590. The molecule has 2 aromatic carbocycles. The van der Waals surface area contributed by atoms with Crippen LogP contribution in [0.4, 0.5) is 0 Å². The van der Waals surface area contributed by atoms with E-state index in [4.69, 9.17) is 19.2 Å². The maximum absolute atomic E-state index is 12.9. The first-order chi connectivity index (χ1) is 14.7. The number of ether oxygens (including phenoxy) is 2. The summed E-state index contributed by atoms with van der Waals surface area (Å²) in [7, 11) is -1.84. The molecule has 2 aromatic rings. The lowest BCUT2D eigenvalue weighted by Crippen LogP contribution is -2.59. The number of rotatable bonds is 7. The molecule has 2 unspecified atom stereocenters. The average molecular weight is 447 g/mol. The Labute approximate surface area is 184 Å². The van der Waals surface area contributed by atoms with Crippen molar-refractivity contribution in [3.05, 3.63) is 60.2 Å². The highest BCUT2D eigenvalue weighted by atomic mass is 32.2. The fraction of sp³-hybridized carbons (Fsp3) is 0.500. The second-order valence-electron chi connectivity index (χ2n) is 8.97. The third-order valence-electron chi connectivity index (χ3n) is 6.69. The van der Waals surface area contributed by atoms with Crippen molar-refractivity contribution >= 4 is 9.84 Å². The normalized spacial score (nSPS) is 30.7. The van der Waals surface area contributed by atoms with Crippen LogP contribution in [0.25, 0.3) is 0 Å². The zero-order valence-corrected chi connectivity index (χ0v) is 19.1. The first-order valence-electron chi connectivity index (χ1n) is 10.6. The minimum atomic E-state index is -3.48. The van der Waals surface area contributed by atoms with Gasteiger partial charge in [0.1, 0.15) is 17.5 Å². The number of hydrogen-bond donors (Lipinski definition) is 0. The zero-order chi connectivity index (χ0) is 22.1. The van der Waals surface area contributed by atoms with Crippen molar-refractivity contribution in [1.82, 2.24) is 0 Å². The van der Waals surface area contributed by atoms with Gasteiger partial charge in [-0.2, -0.15) is 0 Å². The minimum Gasteiger partial charge on any atom is -0.497 e. The van der Waals surface area contributed by atoms with Crippen LogP contribution in [-0.2, 0) is 31.0 Å². The van der Waals surface area contributed by atoms with E-state index in [0.717, 1.165) is 24.2 Å². The van der Waals surface area contributed by atoms with E-state index in [0.29, 0.717) is 17.9 Å². The molecule has 4 rings (SSSR count). The number of hydrogen-bond acceptors (Lipinski definition) is 6. The molecule has 2 fully saturated rings. The van der Waals surface area contributed by atoms with E-state index in [1.807, 2.05) is 38.1 Å². The molecular formula is C24H30O6S. The molecule has 7 heteroatoms. The van der Waals surface area contributed by atoms with Crippen LogP contribution in [0.5, 0.6) is 5.75 Å². The highest BCUT2D eigenvalue weighted by Gasteiger charge is 2.54. The molecular weight excluding hydrogens is 416 g/mol. The Balaban J connectivity index is 1.41. The van der Waals surface area contributed by atoms with E-state index in [1.165, 1.54) is 0 Å². The highest BCUT2D eigenvalue weighted by molar-refractivity contribution is 7.91. The summed E-state index contributed by atoms with van der Waals surface area (Å²) in [5, 5.41) is 0. The van der Waals surface area contributed by atoms with Gasteiger partial charge in [-0.1, -0.05) is 30.3 Å². The molecule has 0 N–H and O–H groups in total. The summed E-state index contributed by atoms with van der Waals surface area (Å²) >= 11 is 0. The molecule has 0 radical (unpaired) electrons. The molecule has 2 aliphatic rings. The van der Waals surface area contributed by atoms with E-state index in [-0.39, 0.29) is 17.8 Å². The predicted molar refractivity (Wildman–Crippen MR) is 116 cm³/mol. The van der Waals surface area contributed by atoms with E-state index >= 15 is 0 Å². The number of sulfone groups is 1. The number of benzene rings is 2. The summed E-state index contributed by atoms with van der Waals surface area (Å²) in [6.07, 6.45) is 2.07. The van der Waals surface area contributed by atoms with Crippen LogP contribution in [-0.4, -0.2) is 38.6 Å². The van der Waals surface area contributed by atoms with Crippen molar-refractivity contribution in [2.75, 3.05) is 12.9 Å². The molecule has 0 amide bonds. The van der Waals surface area contributed by atoms with Crippen molar-refractivity contribution in [3.8, 4) is 5.75 Å². The smallest absolute Gasteiger partial charge is 0.181 e. The Morgan fingerprint density at radius 3 is 2.45 bits per heavy atom. The van der Waals surface area contributed by atoms with E-state index in [2.05, 4.69) is 0 Å². The van der Waals surface area contributed by atoms with Crippen molar-refractivity contribution < 1.29 is 27.7 Å². The van der Waals surface area contributed by atoms with Gasteiger partial charge in [0.05, 0.1) is 30.0 Å². The number of fused-ring (bicyclic) bond motifs is 2. The molecule has 168 valence electrons. The molecule has 1 heterocycles. The summed E-state index contributed by atoms with van der Waals surface area (Å²) in [6, 6.07) is 16.3. The second kappa shape index (κ2) is 8.54. The molecule has 6 nitrogen and oxygen atoms in total. The van der Waals surface area contributed by atoms with Gasteiger partial charge in [-0.25, -0.2) is 18.2 Å². The van der Waals surface area contributed by atoms with Crippen LogP contribution in [0, 0.1) is 5.92 Å². The largest absolute Gasteiger partial charge is 0.497 e. The summed E-state index contributed by atoms with van der Waals surface area (Å²) in [5.41, 5.74) is -0.321. The maximum Gasteiger partial charge on any atom is 0.181 e. The van der Waals surface area contributed by atoms with Crippen LogP contribution in [0.1, 0.15) is 38.7 Å². The van der Waals surface area contributed by atoms with Crippen LogP contribution in [0.2, 0.25) is 0 Å². The summed E-state index contributed by atoms with van der Waals surface area (Å²) in [5.74, 6) is 0.789. The second-order valence-corrected chi connectivity index (χ2v) is 11.0. The highest BCUT2D eigenvalue weighted by Crippen LogP contribution is 2.47. The monoisotopic (exact) mass is 446 g/mol. The van der Waals surface area contributed by atoms with Gasteiger partial charge in [-0.3, -0.25) is 0 Å². The maximum atomic E-state index is 12.9. The van der Waals surface area contributed by atoms with Crippen LogP contribution < -0.4 is 4.74 Å². The Hall–Kier alpha value is -1.93. The van der Waals surface area contributed by atoms with Crippen LogP contribution >= 0.6 is 0 Å². The van der Waals surface area contributed by atoms with E-state index in [1.54, 1.807) is 37.4 Å².